The first-order valence-corrected chi connectivity index (χ1v) is 8.50. The van der Waals surface area contributed by atoms with Gasteiger partial charge in [0.2, 0.25) is 0 Å². The van der Waals surface area contributed by atoms with Crippen LogP contribution in [0.3, 0.4) is 0 Å². The Kier molecular flexibility index (Phi) is 6.20. The number of halogens is 2. The Labute approximate surface area is 133 Å². The third-order valence-corrected chi connectivity index (χ3v) is 5.45. The summed E-state index contributed by atoms with van der Waals surface area (Å²) in [4.78, 5) is 0. The summed E-state index contributed by atoms with van der Waals surface area (Å²) >= 11 is 12.3. The van der Waals surface area contributed by atoms with Crippen LogP contribution >= 0.6 is 23.2 Å². The van der Waals surface area contributed by atoms with E-state index in [0.29, 0.717) is 11.1 Å². The van der Waals surface area contributed by atoms with Crippen molar-refractivity contribution in [3.8, 4) is 0 Å². The molecule has 112 valence electrons. The highest BCUT2D eigenvalue weighted by Crippen LogP contribution is 2.34. The fourth-order valence-corrected chi connectivity index (χ4v) is 3.91. The van der Waals surface area contributed by atoms with Crippen molar-refractivity contribution in [3.63, 3.8) is 0 Å². The first-order valence-electron chi connectivity index (χ1n) is 7.75. The van der Waals surface area contributed by atoms with Crippen LogP contribution in [0, 0.1) is 11.8 Å². The maximum Gasteiger partial charge on any atom is 0.0453 e. The highest BCUT2D eigenvalue weighted by atomic mass is 35.5. The summed E-state index contributed by atoms with van der Waals surface area (Å²) in [7, 11) is 2.07. The number of hydrogen-bond donors (Lipinski definition) is 1. The van der Waals surface area contributed by atoms with Crippen molar-refractivity contribution in [1.29, 1.82) is 0 Å². The molecule has 1 unspecified atom stereocenters. The molecular weight excluding hydrogens is 289 g/mol. The Morgan fingerprint density at radius 2 is 1.90 bits per heavy atom. The van der Waals surface area contributed by atoms with Crippen molar-refractivity contribution in [2.75, 3.05) is 7.05 Å². The van der Waals surface area contributed by atoms with Crippen LogP contribution in [0.15, 0.2) is 18.2 Å². The lowest BCUT2D eigenvalue weighted by molar-refractivity contribution is 0.222. The molecule has 2 rings (SSSR count). The van der Waals surface area contributed by atoms with Gasteiger partial charge in [-0.25, -0.2) is 0 Å². The number of nitrogens with one attached hydrogen (secondary N) is 1. The van der Waals surface area contributed by atoms with Gasteiger partial charge in [-0.15, -0.1) is 0 Å². The lowest BCUT2D eigenvalue weighted by Crippen LogP contribution is -2.37. The Hall–Kier alpha value is -0.240. The Morgan fingerprint density at radius 3 is 2.45 bits per heavy atom. The average Bonchev–Trinajstić information content (AvgIpc) is 2.47. The summed E-state index contributed by atoms with van der Waals surface area (Å²) in [5.74, 6) is 1.72. The van der Waals surface area contributed by atoms with Crippen molar-refractivity contribution < 1.29 is 0 Å². The third kappa shape index (κ3) is 4.13. The summed E-state index contributed by atoms with van der Waals surface area (Å²) in [6, 6.07) is 6.36. The van der Waals surface area contributed by atoms with Gasteiger partial charge in [0.25, 0.3) is 0 Å². The molecule has 0 bridgehead atoms. The SMILES string of the molecule is CCC1CCC(C(Cc2ccc(Cl)cc2Cl)NC)CC1. The molecule has 1 aliphatic carbocycles. The molecule has 0 saturated heterocycles. The van der Waals surface area contributed by atoms with E-state index in [1.807, 2.05) is 12.1 Å². The van der Waals surface area contributed by atoms with Crippen LogP contribution in [-0.2, 0) is 6.42 Å². The van der Waals surface area contributed by atoms with Crippen LogP contribution < -0.4 is 5.32 Å². The molecule has 1 aromatic carbocycles. The molecule has 1 aromatic rings. The second-order valence-corrected chi connectivity index (χ2v) is 6.87. The second-order valence-electron chi connectivity index (χ2n) is 6.02. The number of rotatable bonds is 5. The summed E-state index contributed by atoms with van der Waals surface area (Å²) in [6.07, 6.45) is 7.78. The van der Waals surface area contributed by atoms with Crippen LogP contribution in [-0.4, -0.2) is 13.1 Å². The highest BCUT2D eigenvalue weighted by molar-refractivity contribution is 6.35. The molecule has 0 amide bonds. The van der Waals surface area contributed by atoms with E-state index in [1.54, 1.807) is 0 Å². The van der Waals surface area contributed by atoms with Crippen molar-refractivity contribution >= 4 is 23.2 Å². The van der Waals surface area contributed by atoms with Crippen LogP contribution in [0.2, 0.25) is 10.0 Å². The van der Waals surface area contributed by atoms with Gasteiger partial charge in [0, 0.05) is 16.1 Å². The summed E-state index contributed by atoms with van der Waals surface area (Å²) in [5, 5.41) is 5.01. The minimum Gasteiger partial charge on any atom is -0.316 e. The molecule has 1 nitrogen and oxygen atoms in total. The number of benzene rings is 1. The van der Waals surface area contributed by atoms with Gasteiger partial charge in [-0.2, -0.15) is 0 Å². The van der Waals surface area contributed by atoms with Crippen LogP contribution in [0.25, 0.3) is 0 Å². The van der Waals surface area contributed by atoms with Gasteiger partial charge < -0.3 is 5.32 Å². The van der Waals surface area contributed by atoms with E-state index in [-0.39, 0.29) is 0 Å². The van der Waals surface area contributed by atoms with Crippen LogP contribution in [0.5, 0.6) is 0 Å². The Morgan fingerprint density at radius 1 is 1.20 bits per heavy atom. The molecule has 20 heavy (non-hydrogen) atoms. The molecule has 3 heteroatoms. The molecule has 0 radical (unpaired) electrons. The van der Waals surface area contributed by atoms with Gasteiger partial charge in [-0.3, -0.25) is 0 Å². The van der Waals surface area contributed by atoms with Crippen LogP contribution in [0.1, 0.15) is 44.6 Å². The smallest absolute Gasteiger partial charge is 0.0453 e. The molecule has 0 heterocycles. The molecular formula is C17H25Cl2N. The Balaban J connectivity index is 1.98. The summed E-state index contributed by atoms with van der Waals surface area (Å²) in [6.45, 7) is 2.31. The van der Waals surface area contributed by atoms with Crippen molar-refractivity contribution in [1.82, 2.24) is 5.32 Å². The van der Waals surface area contributed by atoms with E-state index in [4.69, 9.17) is 23.2 Å². The summed E-state index contributed by atoms with van der Waals surface area (Å²) < 4.78 is 0. The second kappa shape index (κ2) is 7.68. The average molecular weight is 314 g/mol. The molecule has 0 aliphatic heterocycles. The molecule has 1 N–H and O–H groups in total. The zero-order valence-corrected chi connectivity index (χ0v) is 14.0. The van der Waals surface area contributed by atoms with Gasteiger partial charge in [0.05, 0.1) is 0 Å². The molecule has 1 aliphatic rings. The minimum atomic E-state index is 0.520. The van der Waals surface area contributed by atoms with Gasteiger partial charge in [-0.05, 0) is 55.8 Å². The third-order valence-electron chi connectivity index (χ3n) is 4.86. The lowest BCUT2D eigenvalue weighted by atomic mass is 9.76. The van der Waals surface area contributed by atoms with Gasteiger partial charge in [0.15, 0.2) is 0 Å². The fraction of sp³-hybridized carbons (Fsp3) is 0.647. The van der Waals surface area contributed by atoms with E-state index >= 15 is 0 Å². The standard InChI is InChI=1S/C17H25Cl2N/c1-3-12-4-6-13(7-5-12)17(20-2)10-14-8-9-15(18)11-16(14)19/h8-9,11-13,17,20H,3-7,10H2,1-2H3. The lowest BCUT2D eigenvalue weighted by Gasteiger charge is -2.33. The minimum absolute atomic E-state index is 0.520. The normalized spacial score (nSPS) is 24.6. The van der Waals surface area contributed by atoms with Gasteiger partial charge >= 0.3 is 0 Å². The molecule has 0 aromatic heterocycles. The van der Waals surface area contributed by atoms with E-state index in [9.17, 15) is 0 Å². The highest BCUT2D eigenvalue weighted by Gasteiger charge is 2.26. The predicted octanol–water partition coefficient (Wildman–Crippen LogP) is 5.34. The van der Waals surface area contributed by atoms with Crippen molar-refractivity contribution in [3.05, 3.63) is 33.8 Å². The molecule has 1 atom stereocenters. The monoisotopic (exact) mass is 313 g/mol. The van der Waals surface area contributed by atoms with E-state index in [0.717, 1.165) is 23.3 Å². The maximum absolute atomic E-state index is 6.30. The molecule has 1 fully saturated rings. The van der Waals surface area contributed by atoms with E-state index < -0.39 is 0 Å². The molecule has 0 spiro atoms. The van der Waals surface area contributed by atoms with E-state index in [2.05, 4.69) is 25.4 Å². The summed E-state index contributed by atoms with van der Waals surface area (Å²) in [5.41, 5.74) is 1.20. The van der Waals surface area contributed by atoms with Crippen LogP contribution in [0.4, 0.5) is 0 Å². The zero-order valence-electron chi connectivity index (χ0n) is 12.5. The zero-order chi connectivity index (χ0) is 14.5. The Bertz CT molecular complexity index is 425. The predicted molar refractivity (Wildman–Crippen MR) is 88.8 cm³/mol. The molecule has 1 saturated carbocycles. The first kappa shape index (κ1) is 16.1. The van der Waals surface area contributed by atoms with Crippen molar-refractivity contribution in [2.45, 2.75) is 51.5 Å². The number of likely N-dealkylation sites (N-methyl/N-ethyl adjacent to an activating group) is 1. The van der Waals surface area contributed by atoms with E-state index in [1.165, 1.54) is 37.7 Å². The fourth-order valence-electron chi connectivity index (χ4n) is 3.43. The maximum atomic E-state index is 6.30. The largest absolute Gasteiger partial charge is 0.316 e. The quantitative estimate of drug-likeness (QED) is 0.773. The topological polar surface area (TPSA) is 12.0 Å². The first-order chi connectivity index (χ1) is 9.63. The van der Waals surface area contributed by atoms with Crippen molar-refractivity contribution in [2.24, 2.45) is 11.8 Å². The number of hydrogen-bond acceptors (Lipinski definition) is 1. The van der Waals surface area contributed by atoms with Gasteiger partial charge in [0.1, 0.15) is 0 Å². The van der Waals surface area contributed by atoms with Gasteiger partial charge in [-0.1, -0.05) is 55.5 Å².